The summed E-state index contributed by atoms with van der Waals surface area (Å²) in [4.78, 5) is 0. The average molecular weight is 252 g/mol. The predicted octanol–water partition coefficient (Wildman–Crippen LogP) is 4.61. The number of allylic oxidation sites excluding steroid dienone is 1. The minimum atomic E-state index is -4.59. The van der Waals surface area contributed by atoms with Crippen molar-refractivity contribution in [1.82, 2.24) is 0 Å². The molecule has 0 aromatic heterocycles. The van der Waals surface area contributed by atoms with Gasteiger partial charge in [-0.2, -0.15) is 13.2 Å². The monoisotopic (exact) mass is 252 g/mol. The molecule has 1 atom stereocenters. The van der Waals surface area contributed by atoms with E-state index in [4.69, 9.17) is 5.11 Å². The van der Waals surface area contributed by atoms with E-state index in [1.54, 1.807) is 0 Å². The largest absolute Gasteiger partial charge is 0.420 e. The van der Waals surface area contributed by atoms with E-state index in [9.17, 15) is 13.2 Å². The first-order chi connectivity index (χ1) is 7.81. The van der Waals surface area contributed by atoms with E-state index in [0.717, 1.165) is 32.3 Å². The molecule has 17 heavy (non-hydrogen) atoms. The molecule has 0 fully saturated rings. The van der Waals surface area contributed by atoms with Gasteiger partial charge in [0.1, 0.15) is 0 Å². The van der Waals surface area contributed by atoms with Gasteiger partial charge in [-0.25, -0.2) is 0 Å². The highest BCUT2D eigenvalue weighted by molar-refractivity contribution is 5.02. The molecule has 102 valence electrons. The fourth-order valence-electron chi connectivity index (χ4n) is 1.45. The summed E-state index contributed by atoms with van der Waals surface area (Å²) in [7, 11) is 0. The Bertz CT molecular complexity index is 219. The molecule has 0 rings (SSSR count). The van der Waals surface area contributed by atoms with Gasteiger partial charge >= 0.3 is 6.18 Å². The molecule has 0 aliphatic heterocycles. The normalized spacial score (nSPS) is 16.4. The minimum absolute atomic E-state index is 0.596. The van der Waals surface area contributed by atoms with Crippen LogP contribution in [0.2, 0.25) is 0 Å². The second-order valence-electron chi connectivity index (χ2n) is 4.60. The van der Waals surface area contributed by atoms with E-state index < -0.39 is 11.8 Å². The van der Waals surface area contributed by atoms with E-state index in [2.05, 4.69) is 6.92 Å². The van der Waals surface area contributed by atoms with Gasteiger partial charge in [-0.05, 0) is 25.8 Å². The van der Waals surface area contributed by atoms with Crippen LogP contribution in [0.3, 0.4) is 0 Å². The van der Waals surface area contributed by atoms with Crippen LogP contribution in [0.15, 0.2) is 12.2 Å². The van der Waals surface area contributed by atoms with Crippen LogP contribution in [0.4, 0.5) is 13.2 Å². The Morgan fingerprint density at radius 1 is 1.00 bits per heavy atom. The predicted molar refractivity (Wildman–Crippen MR) is 63.8 cm³/mol. The Balaban J connectivity index is 3.67. The van der Waals surface area contributed by atoms with E-state index in [1.165, 1.54) is 25.3 Å². The Morgan fingerprint density at radius 3 is 2.06 bits per heavy atom. The molecule has 0 spiro atoms. The maximum Gasteiger partial charge on any atom is 0.420 e. The molecule has 0 saturated heterocycles. The van der Waals surface area contributed by atoms with Gasteiger partial charge in [-0.15, -0.1) is 0 Å². The zero-order valence-corrected chi connectivity index (χ0v) is 10.7. The third-order valence-electron chi connectivity index (χ3n) is 2.74. The maximum absolute atomic E-state index is 12.2. The number of alkyl halides is 3. The highest BCUT2D eigenvalue weighted by Crippen LogP contribution is 2.31. The van der Waals surface area contributed by atoms with Gasteiger partial charge in [-0.1, -0.05) is 45.1 Å². The molecule has 0 aromatic carbocycles. The quantitative estimate of drug-likeness (QED) is 0.494. The lowest BCUT2D eigenvalue weighted by molar-refractivity contribution is -0.232. The summed E-state index contributed by atoms with van der Waals surface area (Å²) in [5.41, 5.74) is -2.70. The summed E-state index contributed by atoms with van der Waals surface area (Å²) in [6, 6.07) is 0. The Morgan fingerprint density at radius 2 is 1.53 bits per heavy atom. The van der Waals surface area contributed by atoms with Crippen LogP contribution in [0.1, 0.15) is 58.8 Å². The van der Waals surface area contributed by atoms with Gasteiger partial charge < -0.3 is 5.11 Å². The lowest BCUT2D eigenvalue weighted by Crippen LogP contribution is -2.39. The Labute approximate surface area is 102 Å². The fraction of sp³-hybridized carbons (Fsp3) is 0.846. The van der Waals surface area contributed by atoms with Gasteiger partial charge in [0.2, 0.25) is 0 Å². The summed E-state index contributed by atoms with van der Waals surface area (Å²) in [6.07, 6.45) is 4.94. The van der Waals surface area contributed by atoms with Crippen molar-refractivity contribution < 1.29 is 18.3 Å². The minimum Gasteiger partial charge on any atom is -0.377 e. The maximum atomic E-state index is 12.2. The highest BCUT2D eigenvalue weighted by Gasteiger charge is 2.47. The molecule has 0 saturated carbocycles. The van der Waals surface area contributed by atoms with E-state index in [1.807, 2.05) is 0 Å². The third kappa shape index (κ3) is 7.42. The molecule has 0 amide bonds. The van der Waals surface area contributed by atoms with Crippen LogP contribution >= 0.6 is 0 Å². The molecule has 0 aromatic rings. The van der Waals surface area contributed by atoms with E-state index in [0.29, 0.717) is 6.42 Å². The Hall–Kier alpha value is -0.510. The summed E-state index contributed by atoms with van der Waals surface area (Å²) in [6.45, 7) is 2.91. The number of aliphatic hydroxyl groups is 1. The van der Waals surface area contributed by atoms with Crippen molar-refractivity contribution in [3.8, 4) is 0 Å². The molecular weight excluding hydrogens is 229 g/mol. The number of unbranched alkanes of at least 4 members (excludes halogenated alkanes) is 6. The second kappa shape index (κ2) is 7.75. The van der Waals surface area contributed by atoms with Gasteiger partial charge in [-0.3, -0.25) is 0 Å². The van der Waals surface area contributed by atoms with Crippen LogP contribution in [0, 0.1) is 0 Å². The topological polar surface area (TPSA) is 20.2 Å². The lowest BCUT2D eigenvalue weighted by atomic mass is 10.0. The van der Waals surface area contributed by atoms with Gasteiger partial charge in [0.05, 0.1) is 0 Å². The smallest absolute Gasteiger partial charge is 0.377 e. The number of rotatable bonds is 8. The molecular formula is C13H23F3O. The molecule has 1 N–H and O–H groups in total. The SMILES string of the molecule is CCCCCCCC/C=C/C(C)(O)C(F)(F)F. The summed E-state index contributed by atoms with van der Waals surface area (Å²) in [5, 5.41) is 9.11. The summed E-state index contributed by atoms with van der Waals surface area (Å²) in [5.74, 6) is 0. The summed E-state index contributed by atoms with van der Waals surface area (Å²) < 4.78 is 36.7. The van der Waals surface area contributed by atoms with Crippen molar-refractivity contribution in [2.45, 2.75) is 70.6 Å². The zero-order valence-electron chi connectivity index (χ0n) is 10.7. The number of hydrogen-bond donors (Lipinski definition) is 1. The molecule has 4 heteroatoms. The van der Waals surface area contributed by atoms with Crippen molar-refractivity contribution in [2.24, 2.45) is 0 Å². The molecule has 0 aliphatic rings. The first kappa shape index (κ1) is 16.5. The first-order valence-electron chi connectivity index (χ1n) is 6.28. The summed E-state index contributed by atoms with van der Waals surface area (Å²) >= 11 is 0. The zero-order chi connectivity index (χ0) is 13.4. The van der Waals surface area contributed by atoms with Crippen molar-refractivity contribution in [2.75, 3.05) is 0 Å². The van der Waals surface area contributed by atoms with Crippen LogP contribution in [0.5, 0.6) is 0 Å². The van der Waals surface area contributed by atoms with Crippen LogP contribution < -0.4 is 0 Å². The van der Waals surface area contributed by atoms with Gasteiger partial charge in [0, 0.05) is 0 Å². The number of halogens is 3. The number of hydrogen-bond acceptors (Lipinski definition) is 1. The fourth-order valence-corrected chi connectivity index (χ4v) is 1.45. The molecule has 0 bridgehead atoms. The molecule has 0 heterocycles. The van der Waals surface area contributed by atoms with Crippen LogP contribution in [0.25, 0.3) is 0 Å². The van der Waals surface area contributed by atoms with Crippen molar-refractivity contribution in [1.29, 1.82) is 0 Å². The van der Waals surface area contributed by atoms with Crippen molar-refractivity contribution in [3.05, 3.63) is 12.2 Å². The van der Waals surface area contributed by atoms with Gasteiger partial charge in [0.15, 0.2) is 5.60 Å². The van der Waals surface area contributed by atoms with E-state index >= 15 is 0 Å². The standard InChI is InChI=1S/C13H23F3O/c1-3-4-5-6-7-8-9-10-11-12(2,17)13(14,15)16/h10-11,17H,3-9H2,1-2H3/b11-10+. The highest BCUT2D eigenvalue weighted by atomic mass is 19.4. The second-order valence-corrected chi connectivity index (χ2v) is 4.60. The Kier molecular flexibility index (Phi) is 7.51. The third-order valence-corrected chi connectivity index (χ3v) is 2.74. The first-order valence-corrected chi connectivity index (χ1v) is 6.28. The molecule has 1 nitrogen and oxygen atoms in total. The van der Waals surface area contributed by atoms with Crippen molar-refractivity contribution >= 4 is 0 Å². The molecule has 0 radical (unpaired) electrons. The lowest BCUT2D eigenvalue weighted by Gasteiger charge is -2.22. The van der Waals surface area contributed by atoms with Crippen molar-refractivity contribution in [3.63, 3.8) is 0 Å². The molecule has 1 unspecified atom stereocenters. The molecule has 0 aliphatic carbocycles. The van der Waals surface area contributed by atoms with Crippen LogP contribution in [-0.2, 0) is 0 Å². The van der Waals surface area contributed by atoms with Crippen LogP contribution in [-0.4, -0.2) is 16.9 Å². The average Bonchev–Trinajstić information content (AvgIpc) is 2.20. The van der Waals surface area contributed by atoms with E-state index in [-0.39, 0.29) is 0 Å². The van der Waals surface area contributed by atoms with Gasteiger partial charge in [0.25, 0.3) is 0 Å².